The fraction of sp³-hybridized carbons (Fsp3) is 0.400. The summed E-state index contributed by atoms with van der Waals surface area (Å²) >= 11 is 0. The Labute approximate surface area is 162 Å². The third kappa shape index (κ3) is 3.90. The molecule has 1 atom stereocenters. The summed E-state index contributed by atoms with van der Waals surface area (Å²) in [6.45, 7) is 6.11. The highest BCUT2D eigenvalue weighted by atomic mass is 16.5. The van der Waals surface area contributed by atoms with Crippen molar-refractivity contribution in [3.63, 3.8) is 0 Å². The number of esters is 1. The molecule has 0 N–H and O–H groups in total. The predicted octanol–water partition coefficient (Wildman–Crippen LogP) is 2.47. The second-order valence-electron chi connectivity index (χ2n) is 6.60. The van der Waals surface area contributed by atoms with E-state index in [4.69, 9.17) is 9.47 Å². The lowest BCUT2D eigenvalue weighted by molar-refractivity contribution is -0.143. The molecule has 0 aliphatic rings. The van der Waals surface area contributed by atoms with Gasteiger partial charge in [-0.2, -0.15) is 10.2 Å². The first-order chi connectivity index (χ1) is 13.4. The number of aromatic nitrogens is 4. The first-order valence-corrected chi connectivity index (χ1v) is 9.18. The van der Waals surface area contributed by atoms with Gasteiger partial charge >= 0.3 is 5.97 Å². The van der Waals surface area contributed by atoms with Gasteiger partial charge < -0.3 is 9.47 Å². The van der Waals surface area contributed by atoms with E-state index in [0.29, 0.717) is 29.7 Å². The molecule has 0 saturated heterocycles. The van der Waals surface area contributed by atoms with Gasteiger partial charge in [0.05, 0.1) is 55.5 Å². The van der Waals surface area contributed by atoms with Crippen molar-refractivity contribution in [2.24, 2.45) is 0 Å². The molecule has 2 heterocycles. The van der Waals surface area contributed by atoms with E-state index in [1.165, 1.54) is 4.68 Å². The summed E-state index contributed by atoms with van der Waals surface area (Å²) in [6, 6.07) is 7.25. The number of benzene rings is 1. The van der Waals surface area contributed by atoms with Crippen LogP contribution < -0.4 is 10.3 Å². The number of carbonyl (C=O) groups excluding carboxylic acids is 1. The molecule has 8 heteroatoms. The molecule has 0 radical (unpaired) electrons. The zero-order valence-electron chi connectivity index (χ0n) is 16.5. The highest BCUT2D eigenvalue weighted by Crippen LogP contribution is 2.20. The summed E-state index contributed by atoms with van der Waals surface area (Å²) in [4.78, 5) is 24.8. The minimum atomic E-state index is -0.294. The second kappa shape index (κ2) is 8.24. The summed E-state index contributed by atoms with van der Waals surface area (Å²) in [5, 5.41) is 9.30. The largest absolute Gasteiger partial charge is 0.497 e. The molecule has 0 amide bonds. The monoisotopic (exact) mass is 384 g/mol. The third-order valence-electron chi connectivity index (χ3n) is 4.57. The van der Waals surface area contributed by atoms with Gasteiger partial charge in [-0.25, -0.2) is 4.68 Å². The summed E-state index contributed by atoms with van der Waals surface area (Å²) in [5.41, 5.74) is 1.96. The minimum Gasteiger partial charge on any atom is -0.497 e. The van der Waals surface area contributed by atoms with Crippen LogP contribution in [-0.4, -0.2) is 39.2 Å². The van der Waals surface area contributed by atoms with Crippen LogP contribution in [0.2, 0.25) is 0 Å². The van der Waals surface area contributed by atoms with Crippen LogP contribution in [0.15, 0.2) is 35.3 Å². The Morgan fingerprint density at radius 2 is 1.96 bits per heavy atom. The number of nitrogens with zero attached hydrogens (tertiary/aromatic N) is 4. The van der Waals surface area contributed by atoms with E-state index >= 15 is 0 Å². The van der Waals surface area contributed by atoms with Crippen molar-refractivity contribution in [3.8, 4) is 5.75 Å². The van der Waals surface area contributed by atoms with Crippen molar-refractivity contribution in [2.45, 2.75) is 39.8 Å². The molecule has 8 nitrogen and oxygen atoms in total. The zero-order valence-corrected chi connectivity index (χ0v) is 16.5. The Morgan fingerprint density at radius 1 is 1.25 bits per heavy atom. The van der Waals surface area contributed by atoms with Crippen LogP contribution >= 0.6 is 0 Å². The van der Waals surface area contributed by atoms with E-state index in [2.05, 4.69) is 10.2 Å². The van der Waals surface area contributed by atoms with Gasteiger partial charge in [0.15, 0.2) is 0 Å². The molecule has 0 aliphatic carbocycles. The Hall–Kier alpha value is -3.16. The number of carbonyl (C=O) groups is 1. The van der Waals surface area contributed by atoms with Crippen molar-refractivity contribution >= 4 is 16.9 Å². The van der Waals surface area contributed by atoms with Gasteiger partial charge in [0.25, 0.3) is 5.56 Å². The van der Waals surface area contributed by atoms with E-state index in [1.807, 2.05) is 31.2 Å². The van der Waals surface area contributed by atoms with E-state index < -0.39 is 0 Å². The lowest BCUT2D eigenvalue weighted by Gasteiger charge is -2.13. The summed E-state index contributed by atoms with van der Waals surface area (Å²) in [7, 11) is 1.61. The Morgan fingerprint density at radius 3 is 2.61 bits per heavy atom. The average Bonchev–Trinajstić information content (AvgIpc) is 3.02. The van der Waals surface area contributed by atoms with E-state index in [9.17, 15) is 9.59 Å². The first-order valence-electron chi connectivity index (χ1n) is 9.18. The highest BCUT2D eigenvalue weighted by molar-refractivity contribution is 5.80. The number of hydrogen-bond acceptors (Lipinski definition) is 6. The fourth-order valence-corrected chi connectivity index (χ4v) is 3.16. The van der Waals surface area contributed by atoms with Crippen LogP contribution in [0.5, 0.6) is 5.75 Å². The number of fused-ring (bicyclic) bond motifs is 1. The van der Waals surface area contributed by atoms with Crippen molar-refractivity contribution < 1.29 is 14.3 Å². The van der Waals surface area contributed by atoms with Gasteiger partial charge in [-0.1, -0.05) is 12.1 Å². The molecule has 28 heavy (non-hydrogen) atoms. The molecule has 1 aromatic carbocycles. The van der Waals surface area contributed by atoms with Gasteiger partial charge in [0, 0.05) is 0 Å². The molecule has 0 bridgehead atoms. The molecule has 0 fully saturated rings. The fourth-order valence-electron chi connectivity index (χ4n) is 3.16. The maximum absolute atomic E-state index is 13.0. The molecular weight excluding hydrogens is 360 g/mol. The standard InChI is InChI=1S/C20H24N4O4/c1-5-28-18(25)10-13(2)24-17-11-21-23(20(26)19(17)14(3)22-24)12-15-6-8-16(27-4)9-7-15/h6-9,11,13H,5,10,12H2,1-4H3. The van der Waals surface area contributed by atoms with E-state index in [0.717, 1.165) is 11.3 Å². The quantitative estimate of drug-likeness (QED) is 0.582. The molecule has 0 aliphatic heterocycles. The maximum atomic E-state index is 13.0. The molecule has 2 aromatic heterocycles. The van der Waals surface area contributed by atoms with Crippen LogP contribution in [0.25, 0.3) is 10.9 Å². The number of rotatable bonds is 7. The molecule has 3 aromatic rings. The molecular formula is C20H24N4O4. The van der Waals surface area contributed by atoms with Gasteiger partial charge in [0.1, 0.15) is 5.75 Å². The van der Waals surface area contributed by atoms with Crippen LogP contribution in [-0.2, 0) is 16.1 Å². The second-order valence-corrected chi connectivity index (χ2v) is 6.60. The van der Waals surface area contributed by atoms with Crippen molar-refractivity contribution in [3.05, 3.63) is 52.1 Å². The Bertz CT molecular complexity index is 1040. The van der Waals surface area contributed by atoms with Crippen LogP contribution in [0.4, 0.5) is 0 Å². The zero-order chi connectivity index (χ0) is 20.3. The maximum Gasteiger partial charge on any atom is 0.307 e. The average molecular weight is 384 g/mol. The summed E-state index contributed by atoms with van der Waals surface area (Å²) < 4.78 is 13.3. The number of aryl methyl sites for hydroxylation is 1. The van der Waals surface area contributed by atoms with E-state index in [1.54, 1.807) is 31.8 Å². The lowest BCUT2D eigenvalue weighted by Crippen LogP contribution is -2.24. The number of ether oxygens (including phenoxy) is 2. The van der Waals surface area contributed by atoms with Gasteiger partial charge in [-0.3, -0.25) is 14.3 Å². The molecule has 0 spiro atoms. The molecule has 0 saturated carbocycles. The van der Waals surface area contributed by atoms with Crippen molar-refractivity contribution in [1.82, 2.24) is 19.6 Å². The Kier molecular flexibility index (Phi) is 5.77. The summed E-state index contributed by atoms with van der Waals surface area (Å²) in [5.74, 6) is 0.462. The van der Waals surface area contributed by atoms with Gasteiger partial charge in [-0.15, -0.1) is 0 Å². The van der Waals surface area contributed by atoms with Crippen LogP contribution in [0.3, 0.4) is 0 Å². The van der Waals surface area contributed by atoms with E-state index in [-0.39, 0.29) is 24.0 Å². The topological polar surface area (TPSA) is 88.2 Å². The summed E-state index contributed by atoms with van der Waals surface area (Å²) in [6.07, 6.45) is 1.81. The molecule has 3 rings (SSSR count). The normalized spacial score (nSPS) is 12.1. The first kappa shape index (κ1) is 19.6. The van der Waals surface area contributed by atoms with Crippen LogP contribution in [0, 0.1) is 6.92 Å². The Balaban J connectivity index is 1.92. The number of hydrogen-bond donors (Lipinski definition) is 0. The highest BCUT2D eigenvalue weighted by Gasteiger charge is 2.19. The number of methoxy groups -OCH3 is 1. The van der Waals surface area contributed by atoms with Crippen LogP contribution in [0.1, 0.15) is 37.6 Å². The minimum absolute atomic E-state index is 0.180. The lowest BCUT2D eigenvalue weighted by atomic mass is 10.2. The van der Waals surface area contributed by atoms with Gasteiger partial charge in [0.2, 0.25) is 0 Å². The molecule has 1 unspecified atom stereocenters. The van der Waals surface area contributed by atoms with Crippen molar-refractivity contribution in [1.29, 1.82) is 0 Å². The SMILES string of the molecule is CCOC(=O)CC(C)n1nc(C)c2c(=O)n(Cc3ccc(OC)cc3)ncc21. The smallest absolute Gasteiger partial charge is 0.307 e. The molecule has 148 valence electrons. The van der Waals surface area contributed by atoms with Gasteiger partial charge in [-0.05, 0) is 38.5 Å². The van der Waals surface area contributed by atoms with Crippen molar-refractivity contribution in [2.75, 3.05) is 13.7 Å². The predicted molar refractivity (Wildman–Crippen MR) is 105 cm³/mol. The third-order valence-corrected chi connectivity index (χ3v) is 4.57.